The molecule has 23 heavy (non-hydrogen) atoms. The van der Waals surface area contributed by atoms with E-state index < -0.39 is 0 Å². The fourth-order valence-corrected chi connectivity index (χ4v) is 3.25. The molecule has 0 bridgehead atoms. The zero-order valence-corrected chi connectivity index (χ0v) is 14.2. The zero-order valence-electron chi connectivity index (χ0n) is 13.5. The quantitative estimate of drug-likeness (QED) is 0.805. The van der Waals surface area contributed by atoms with Gasteiger partial charge in [0.25, 0.3) is 0 Å². The molecule has 0 N–H and O–H groups in total. The van der Waals surface area contributed by atoms with E-state index in [2.05, 4.69) is 4.90 Å². The van der Waals surface area contributed by atoms with E-state index in [-0.39, 0.29) is 5.97 Å². The summed E-state index contributed by atoms with van der Waals surface area (Å²) in [5, 5.41) is 1.54. The zero-order chi connectivity index (χ0) is 16.4. The molecule has 0 radical (unpaired) electrons. The first-order chi connectivity index (χ1) is 11.1. The van der Waals surface area contributed by atoms with E-state index in [4.69, 9.17) is 21.1 Å². The lowest BCUT2D eigenvalue weighted by molar-refractivity contribution is 0.0343. The van der Waals surface area contributed by atoms with Crippen LogP contribution in [0.2, 0.25) is 5.02 Å². The number of rotatable bonds is 4. The maximum atomic E-state index is 12.1. The van der Waals surface area contributed by atoms with E-state index in [1.807, 2.05) is 29.8 Å². The summed E-state index contributed by atoms with van der Waals surface area (Å²) in [6, 6.07) is 5.75. The molecule has 0 saturated carbocycles. The van der Waals surface area contributed by atoms with Gasteiger partial charge in [0.1, 0.15) is 5.69 Å². The summed E-state index contributed by atoms with van der Waals surface area (Å²) >= 11 is 6.34. The number of carbonyl (C=O) groups is 1. The second-order valence-electron chi connectivity index (χ2n) is 5.67. The van der Waals surface area contributed by atoms with Crippen LogP contribution < -0.4 is 0 Å². The molecule has 0 atom stereocenters. The van der Waals surface area contributed by atoms with Crippen molar-refractivity contribution in [2.45, 2.75) is 13.5 Å². The molecule has 1 fully saturated rings. The van der Waals surface area contributed by atoms with E-state index in [1.165, 1.54) is 0 Å². The molecule has 2 aromatic rings. The van der Waals surface area contributed by atoms with Crippen LogP contribution in [0.4, 0.5) is 0 Å². The highest BCUT2D eigenvalue weighted by molar-refractivity contribution is 6.35. The Bertz CT molecular complexity index is 720. The highest BCUT2D eigenvalue weighted by Crippen LogP contribution is 2.30. The second kappa shape index (κ2) is 6.91. The van der Waals surface area contributed by atoms with Crippen molar-refractivity contribution in [1.82, 2.24) is 9.47 Å². The van der Waals surface area contributed by atoms with Gasteiger partial charge in [-0.05, 0) is 24.6 Å². The molecular weight excluding hydrogens is 316 g/mol. The van der Waals surface area contributed by atoms with Crippen molar-refractivity contribution in [3.05, 3.63) is 34.5 Å². The van der Waals surface area contributed by atoms with E-state index in [0.29, 0.717) is 17.3 Å². The summed E-state index contributed by atoms with van der Waals surface area (Å²) in [4.78, 5) is 14.5. The Hall–Kier alpha value is -1.56. The van der Waals surface area contributed by atoms with Crippen LogP contribution in [0.25, 0.3) is 10.9 Å². The van der Waals surface area contributed by atoms with Gasteiger partial charge in [-0.25, -0.2) is 4.79 Å². The number of hydrogen-bond acceptors (Lipinski definition) is 4. The first kappa shape index (κ1) is 16.3. The number of fused-ring (bicyclic) bond motifs is 1. The highest BCUT2D eigenvalue weighted by atomic mass is 35.5. The Labute approximate surface area is 140 Å². The molecule has 1 aromatic carbocycles. The Morgan fingerprint density at radius 3 is 2.78 bits per heavy atom. The highest BCUT2D eigenvalue weighted by Gasteiger charge is 2.20. The molecule has 124 valence electrons. The summed E-state index contributed by atoms with van der Waals surface area (Å²) in [6.45, 7) is 6.33. The molecule has 2 heterocycles. The van der Waals surface area contributed by atoms with Gasteiger partial charge in [0.15, 0.2) is 0 Å². The predicted molar refractivity (Wildman–Crippen MR) is 90.0 cm³/mol. The predicted octanol–water partition coefficient (Wildman–Crippen LogP) is 2.84. The van der Waals surface area contributed by atoms with Gasteiger partial charge >= 0.3 is 5.97 Å². The molecule has 0 spiro atoms. The summed E-state index contributed by atoms with van der Waals surface area (Å²) in [6.07, 6.45) is 0. The van der Waals surface area contributed by atoms with E-state index in [1.54, 1.807) is 6.92 Å². The smallest absolute Gasteiger partial charge is 0.354 e. The number of nitrogens with zero attached hydrogens (tertiary/aromatic N) is 2. The fourth-order valence-electron chi connectivity index (χ4n) is 3.04. The number of hydrogen-bond donors (Lipinski definition) is 0. The van der Waals surface area contributed by atoms with Gasteiger partial charge in [-0.3, -0.25) is 4.90 Å². The Morgan fingerprint density at radius 1 is 1.35 bits per heavy atom. The molecule has 1 saturated heterocycles. The molecule has 1 aliphatic rings. The summed E-state index contributed by atoms with van der Waals surface area (Å²) in [5.41, 5.74) is 2.68. The second-order valence-corrected chi connectivity index (χ2v) is 6.07. The van der Waals surface area contributed by atoms with Crippen LogP contribution in [-0.4, -0.2) is 48.3 Å². The van der Waals surface area contributed by atoms with Crippen LogP contribution in [0.1, 0.15) is 23.0 Å². The van der Waals surface area contributed by atoms with Crippen LogP contribution >= 0.6 is 11.6 Å². The number of halogens is 1. The number of ether oxygens (including phenoxy) is 2. The van der Waals surface area contributed by atoms with Crippen LogP contribution in [0.3, 0.4) is 0 Å². The third-order valence-electron chi connectivity index (χ3n) is 4.21. The molecule has 0 unspecified atom stereocenters. The van der Waals surface area contributed by atoms with Crippen molar-refractivity contribution >= 4 is 28.5 Å². The van der Waals surface area contributed by atoms with Crippen molar-refractivity contribution in [3.63, 3.8) is 0 Å². The van der Waals surface area contributed by atoms with Crippen molar-refractivity contribution in [3.8, 4) is 0 Å². The Balaban J connectivity index is 2.01. The monoisotopic (exact) mass is 336 g/mol. The normalized spacial score (nSPS) is 16.0. The Kier molecular flexibility index (Phi) is 4.90. The molecule has 1 aromatic heterocycles. The molecule has 6 heteroatoms. The van der Waals surface area contributed by atoms with Gasteiger partial charge < -0.3 is 14.0 Å². The van der Waals surface area contributed by atoms with Crippen molar-refractivity contribution in [2.24, 2.45) is 7.05 Å². The summed E-state index contributed by atoms with van der Waals surface area (Å²) in [5.74, 6) is -0.320. The van der Waals surface area contributed by atoms with Crippen LogP contribution in [0.15, 0.2) is 18.2 Å². The molecule has 5 nitrogen and oxygen atoms in total. The van der Waals surface area contributed by atoms with Gasteiger partial charge in [-0.15, -0.1) is 0 Å². The molecule has 0 aliphatic carbocycles. The number of benzene rings is 1. The number of esters is 1. The number of aromatic nitrogens is 1. The lowest BCUT2D eigenvalue weighted by atomic mass is 10.1. The largest absolute Gasteiger partial charge is 0.461 e. The summed E-state index contributed by atoms with van der Waals surface area (Å²) < 4.78 is 12.4. The molecule has 1 aliphatic heterocycles. The topological polar surface area (TPSA) is 43.7 Å². The van der Waals surface area contributed by atoms with E-state index in [0.717, 1.165) is 49.3 Å². The number of aryl methyl sites for hydroxylation is 1. The first-order valence-corrected chi connectivity index (χ1v) is 8.23. The van der Waals surface area contributed by atoms with Crippen LogP contribution in [0, 0.1) is 0 Å². The van der Waals surface area contributed by atoms with Crippen LogP contribution in [0.5, 0.6) is 0 Å². The standard InChI is InChI=1S/C17H21ClN2O3/c1-3-23-17(21)15-10-13-14(18)5-4-12(16(13)19(15)2)11-20-6-8-22-9-7-20/h4-5,10H,3,6-9,11H2,1-2H3. The van der Waals surface area contributed by atoms with Gasteiger partial charge in [-0.2, -0.15) is 0 Å². The maximum absolute atomic E-state index is 12.1. The molecule has 3 rings (SSSR count). The lowest BCUT2D eigenvalue weighted by Gasteiger charge is -2.27. The van der Waals surface area contributed by atoms with Gasteiger partial charge in [0, 0.05) is 37.1 Å². The number of morpholine rings is 1. The minimum absolute atomic E-state index is 0.320. The van der Waals surface area contributed by atoms with Crippen molar-refractivity contribution in [2.75, 3.05) is 32.9 Å². The number of carbonyl (C=O) groups excluding carboxylic acids is 1. The van der Waals surface area contributed by atoms with Crippen molar-refractivity contribution in [1.29, 1.82) is 0 Å². The van der Waals surface area contributed by atoms with Gasteiger partial charge in [0.2, 0.25) is 0 Å². The lowest BCUT2D eigenvalue weighted by Crippen LogP contribution is -2.35. The van der Waals surface area contributed by atoms with Crippen molar-refractivity contribution < 1.29 is 14.3 Å². The van der Waals surface area contributed by atoms with Gasteiger partial charge in [-0.1, -0.05) is 17.7 Å². The minimum Gasteiger partial charge on any atom is -0.461 e. The Morgan fingerprint density at radius 2 is 2.09 bits per heavy atom. The average molecular weight is 337 g/mol. The molecule has 0 amide bonds. The van der Waals surface area contributed by atoms with Crippen LogP contribution in [-0.2, 0) is 23.1 Å². The van der Waals surface area contributed by atoms with E-state index in [9.17, 15) is 4.79 Å². The minimum atomic E-state index is -0.320. The first-order valence-electron chi connectivity index (χ1n) is 7.86. The summed E-state index contributed by atoms with van der Waals surface area (Å²) in [7, 11) is 1.88. The maximum Gasteiger partial charge on any atom is 0.354 e. The fraction of sp³-hybridized carbons (Fsp3) is 0.471. The average Bonchev–Trinajstić information content (AvgIpc) is 2.90. The van der Waals surface area contributed by atoms with E-state index >= 15 is 0 Å². The third-order valence-corrected chi connectivity index (χ3v) is 4.54. The molecular formula is C17H21ClN2O3. The SMILES string of the molecule is CCOC(=O)c1cc2c(Cl)ccc(CN3CCOCC3)c2n1C. The third kappa shape index (κ3) is 3.22. The van der Waals surface area contributed by atoms with Gasteiger partial charge in [0.05, 0.1) is 25.3 Å².